The molecule has 1 unspecified atom stereocenters. The molecule has 0 spiro atoms. The summed E-state index contributed by atoms with van der Waals surface area (Å²) in [7, 11) is 2.20. The zero-order valence-corrected chi connectivity index (χ0v) is 17.8. The third-order valence-electron chi connectivity index (χ3n) is 4.92. The Bertz CT molecular complexity index is 582. The maximum absolute atomic E-state index is 4.81. The van der Waals surface area contributed by atoms with Gasteiger partial charge in [-0.05, 0) is 51.3 Å². The first kappa shape index (κ1) is 21.1. The number of aryl methyl sites for hydroxylation is 1. The predicted octanol–water partition coefficient (Wildman–Crippen LogP) is 2.41. The van der Waals surface area contributed by atoms with Gasteiger partial charge in [0, 0.05) is 50.2 Å². The van der Waals surface area contributed by atoms with E-state index in [1.54, 1.807) is 11.8 Å². The van der Waals surface area contributed by atoms with Crippen molar-refractivity contribution in [2.45, 2.75) is 38.3 Å². The predicted molar refractivity (Wildman–Crippen MR) is 114 cm³/mol. The summed E-state index contributed by atoms with van der Waals surface area (Å²) in [6.45, 7) is 13.6. The van der Waals surface area contributed by atoms with E-state index in [2.05, 4.69) is 72.7 Å². The van der Waals surface area contributed by atoms with Crippen molar-refractivity contribution in [2.75, 3.05) is 52.6 Å². The van der Waals surface area contributed by atoms with Gasteiger partial charge in [-0.1, -0.05) is 12.1 Å². The molecule has 0 radical (unpaired) electrons. The summed E-state index contributed by atoms with van der Waals surface area (Å²) < 4.78 is 0. The molecule has 26 heavy (non-hydrogen) atoms. The average molecular weight is 378 g/mol. The maximum atomic E-state index is 4.81. The van der Waals surface area contributed by atoms with E-state index in [9.17, 15) is 0 Å². The molecule has 0 amide bonds. The second-order valence-corrected chi connectivity index (χ2v) is 7.93. The smallest absolute Gasteiger partial charge is 0.191 e. The summed E-state index contributed by atoms with van der Waals surface area (Å²) >= 11 is 1.79. The number of guanidine groups is 1. The fourth-order valence-electron chi connectivity index (χ4n) is 3.12. The first-order valence-corrected chi connectivity index (χ1v) is 10.8. The second kappa shape index (κ2) is 10.8. The van der Waals surface area contributed by atoms with E-state index in [4.69, 9.17) is 4.99 Å². The molecule has 0 bridgehead atoms. The summed E-state index contributed by atoms with van der Waals surface area (Å²) in [5, 5.41) is 6.90. The highest BCUT2D eigenvalue weighted by Crippen LogP contribution is 2.22. The number of hydrogen-bond donors (Lipinski definition) is 2. The molecule has 2 N–H and O–H groups in total. The lowest BCUT2D eigenvalue weighted by Gasteiger charge is -2.36. The number of piperazine rings is 1. The van der Waals surface area contributed by atoms with Crippen LogP contribution in [0.1, 0.15) is 25.0 Å². The van der Waals surface area contributed by atoms with Crippen LogP contribution in [-0.4, -0.2) is 74.4 Å². The van der Waals surface area contributed by atoms with E-state index in [1.165, 1.54) is 16.0 Å². The third kappa shape index (κ3) is 6.49. The molecular formula is C20H35N5S. The van der Waals surface area contributed by atoms with Gasteiger partial charge in [0.1, 0.15) is 0 Å². The largest absolute Gasteiger partial charge is 0.357 e. The monoisotopic (exact) mass is 377 g/mol. The van der Waals surface area contributed by atoms with Gasteiger partial charge in [0.25, 0.3) is 0 Å². The maximum Gasteiger partial charge on any atom is 0.191 e. The van der Waals surface area contributed by atoms with Crippen LogP contribution >= 0.6 is 11.8 Å². The molecule has 1 saturated heterocycles. The Labute approximate surface area is 163 Å². The highest BCUT2D eigenvalue weighted by atomic mass is 32.2. The molecule has 0 aliphatic carbocycles. The molecule has 146 valence electrons. The quantitative estimate of drug-likeness (QED) is 0.434. The first-order chi connectivity index (χ1) is 12.5. The Morgan fingerprint density at radius 1 is 1.23 bits per heavy atom. The fourth-order valence-corrected chi connectivity index (χ4v) is 3.82. The van der Waals surface area contributed by atoms with Crippen LogP contribution in [0.3, 0.4) is 0 Å². The number of hydrogen-bond acceptors (Lipinski definition) is 4. The zero-order valence-electron chi connectivity index (χ0n) is 17.0. The highest BCUT2D eigenvalue weighted by molar-refractivity contribution is 7.98. The molecular weight excluding hydrogens is 342 g/mol. The number of thioether (sulfide) groups is 1. The normalized spacial score (nSPS) is 18.0. The van der Waals surface area contributed by atoms with Crippen molar-refractivity contribution in [3.05, 3.63) is 29.3 Å². The Morgan fingerprint density at radius 3 is 2.62 bits per heavy atom. The minimum atomic E-state index is 0.508. The van der Waals surface area contributed by atoms with Crippen molar-refractivity contribution in [2.24, 2.45) is 4.99 Å². The van der Waals surface area contributed by atoms with Crippen LogP contribution in [0.2, 0.25) is 0 Å². The van der Waals surface area contributed by atoms with Gasteiger partial charge in [0.15, 0.2) is 5.96 Å². The highest BCUT2D eigenvalue weighted by Gasteiger charge is 2.19. The number of rotatable bonds is 7. The summed E-state index contributed by atoms with van der Waals surface area (Å²) in [6, 6.07) is 7.11. The molecule has 1 aliphatic rings. The van der Waals surface area contributed by atoms with E-state index in [-0.39, 0.29) is 0 Å². The second-order valence-electron chi connectivity index (χ2n) is 7.08. The number of nitrogens with zero attached hydrogens (tertiary/aromatic N) is 3. The molecule has 1 fully saturated rings. The molecule has 1 aromatic rings. The van der Waals surface area contributed by atoms with Crippen LogP contribution in [-0.2, 0) is 6.54 Å². The van der Waals surface area contributed by atoms with Crippen molar-refractivity contribution in [3.63, 3.8) is 0 Å². The number of aliphatic imine (C=N–C) groups is 1. The standard InChI is InChI=1S/C20H35N5S/c1-6-21-20(22-14-17(3)25-11-9-24(4)10-12-25)23-15-18-8-7-16(2)13-19(18)26-5/h7-8,13,17H,6,9-12,14-15H2,1-5H3,(H2,21,22,23). The topological polar surface area (TPSA) is 42.9 Å². The zero-order chi connectivity index (χ0) is 18.9. The van der Waals surface area contributed by atoms with Gasteiger partial charge in [-0.15, -0.1) is 11.8 Å². The van der Waals surface area contributed by atoms with Gasteiger partial charge < -0.3 is 15.5 Å². The number of benzene rings is 1. The van der Waals surface area contributed by atoms with E-state index in [0.29, 0.717) is 12.6 Å². The number of likely N-dealkylation sites (N-methyl/N-ethyl adjacent to an activating group) is 1. The van der Waals surface area contributed by atoms with Crippen molar-refractivity contribution in [3.8, 4) is 0 Å². The fraction of sp³-hybridized carbons (Fsp3) is 0.650. The Kier molecular flexibility index (Phi) is 8.75. The van der Waals surface area contributed by atoms with Gasteiger partial charge >= 0.3 is 0 Å². The molecule has 5 nitrogen and oxygen atoms in total. The SMILES string of the molecule is CCNC(=NCc1ccc(C)cc1SC)NCC(C)N1CCN(C)CC1. The molecule has 1 atom stereocenters. The Morgan fingerprint density at radius 2 is 1.96 bits per heavy atom. The molecule has 0 saturated carbocycles. The molecule has 6 heteroatoms. The van der Waals surface area contributed by atoms with E-state index >= 15 is 0 Å². The van der Waals surface area contributed by atoms with Gasteiger partial charge in [0.2, 0.25) is 0 Å². The van der Waals surface area contributed by atoms with Crippen LogP contribution < -0.4 is 10.6 Å². The lowest BCUT2D eigenvalue weighted by atomic mass is 10.1. The molecule has 1 heterocycles. The van der Waals surface area contributed by atoms with Crippen molar-refractivity contribution in [1.29, 1.82) is 0 Å². The van der Waals surface area contributed by atoms with Crippen molar-refractivity contribution < 1.29 is 0 Å². The van der Waals surface area contributed by atoms with Gasteiger partial charge in [-0.25, -0.2) is 4.99 Å². The summed E-state index contributed by atoms with van der Waals surface area (Å²) in [5.74, 6) is 0.904. The minimum Gasteiger partial charge on any atom is -0.357 e. The molecule has 0 aromatic heterocycles. The Balaban J connectivity index is 1.92. The van der Waals surface area contributed by atoms with E-state index < -0.39 is 0 Å². The summed E-state index contributed by atoms with van der Waals surface area (Å²) in [6.07, 6.45) is 2.13. The first-order valence-electron chi connectivity index (χ1n) is 9.61. The average Bonchev–Trinajstić information content (AvgIpc) is 2.65. The van der Waals surface area contributed by atoms with Crippen molar-refractivity contribution in [1.82, 2.24) is 20.4 Å². The summed E-state index contributed by atoms with van der Waals surface area (Å²) in [5.41, 5.74) is 2.58. The van der Waals surface area contributed by atoms with Crippen molar-refractivity contribution >= 4 is 17.7 Å². The Hall–Kier alpha value is -1.24. The molecule has 2 rings (SSSR count). The lowest BCUT2D eigenvalue weighted by Crippen LogP contribution is -2.52. The van der Waals surface area contributed by atoms with Crippen LogP contribution in [0.25, 0.3) is 0 Å². The van der Waals surface area contributed by atoms with Gasteiger partial charge in [-0.2, -0.15) is 0 Å². The number of nitrogens with one attached hydrogen (secondary N) is 2. The molecule has 1 aromatic carbocycles. The third-order valence-corrected chi connectivity index (χ3v) is 5.74. The van der Waals surface area contributed by atoms with Gasteiger partial charge in [0.05, 0.1) is 6.54 Å². The van der Waals surface area contributed by atoms with Crippen LogP contribution in [0.5, 0.6) is 0 Å². The van der Waals surface area contributed by atoms with Crippen LogP contribution in [0.4, 0.5) is 0 Å². The lowest BCUT2D eigenvalue weighted by molar-refractivity contribution is 0.120. The van der Waals surface area contributed by atoms with E-state index in [1.807, 2.05) is 0 Å². The molecule has 1 aliphatic heterocycles. The van der Waals surface area contributed by atoms with Crippen LogP contribution in [0, 0.1) is 6.92 Å². The summed E-state index contributed by atoms with van der Waals surface area (Å²) in [4.78, 5) is 11.1. The minimum absolute atomic E-state index is 0.508. The van der Waals surface area contributed by atoms with E-state index in [0.717, 1.165) is 45.2 Å². The van der Waals surface area contributed by atoms with Gasteiger partial charge in [-0.3, -0.25) is 4.90 Å². The van der Waals surface area contributed by atoms with Crippen LogP contribution in [0.15, 0.2) is 28.1 Å².